The topological polar surface area (TPSA) is 87.0 Å². The molecule has 0 saturated carbocycles. The number of likely N-dealkylation sites (tertiary alicyclic amines) is 1. The lowest BCUT2D eigenvalue weighted by molar-refractivity contribution is -0.130. The number of aliphatic hydroxyl groups is 1. The largest absolute Gasteiger partial charge is 0.391 e. The Morgan fingerprint density at radius 1 is 1.48 bits per heavy atom. The van der Waals surface area contributed by atoms with Crippen molar-refractivity contribution in [2.75, 3.05) is 13.1 Å². The smallest absolute Gasteiger partial charge is 0.223 e. The van der Waals surface area contributed by atoms with Crippen molar-refractivity contribution in [2.45, 2.75) is 32.3 Å². The zero-order chi connectivity index (χ0) is 16.4. The van der Waals surface area contributed by atoms with Gasteiger partial charge in [0.1, 0.15) is 0 Å². The number of amides is 1. The lowest BCUT2D eigenvalue weighted by Gasteiger charge is -2.16. The summed E-state index contributed by atoms with van der Waals surface area (Å²) >= 11 is 0. The molecule has 0 spiro atoms. The molecule has 124 valence electrons. The first-order valence-electron chi connectivity index (χ1n) is 7.96. The quantitative estimate of drug-likeness (QED) is 0.838. The van der Waals surface area contributed by atoms with E-state index in [4.69, 9.17) is 0 Å². The van der Waals surface area contributed by atoms with Crippen LogP contribution in [-0.2, 0) is 24.7 Å². The van der Waals surface area contributed by atoms with E-state index in [1.807, 2.05) is 26.1 Å². The van der Waals surface area contributed by atoms with Gasteiger partial charge in [0, 0.05) is 50.1 Å². The molecule has 1 fully saturated rings. The van der Waals surface area contributed by atoms with Gasteiger partial charge in [-0.3, -0.25) is 14.6 Å². The van der Waals surface area contributed by atoms with E-state index in [-0.39, 0.29) is 11.8 Å². The summed E-state index contributed by atoms with van der Waals surface area (Å²) in [5, 5.41) is 21.5. The molecule has 3 rings (SSSR count). The molecule has 1 aliphatic heterocycles. The van der Waals surface area contributed by atoms with Crippen LogP contribution >= 0.6 is 0 Å². The highest BCUT2D eigenvalue weighted by molar-refractivity contribution is 5.76. The van der Waals surface area contributed by atoms with Crippen LogP contribution in [0.25, 0.3) is 0 Å². The molecule has 1 aliphatic rings. The van der Waals surface area contributed by atoms with Crippen LogP contribution < -0.4 is 0 Å². The molecule has 2 aromatic heterocycles. The van der Waals surface area contributed by atoms with Crippen LogP contribution in [0, 0.1) is 12.8 Å². The summed E-state index contributed by atoms with van der Waals surface area (Å²) in [6.07, 6.45) is 3.07. The molecule has 0 unspecified atom stereocenters. The highest BCUT2D eigenvalue weighted by Crippen LogP contribution is 2.22. The van der Waals surface area contributed by atoms with Gasteiger partial charge >= 0.3 is 0 Å². The SMILES string of the molecule is Cc1cc(C[C@@H]2CN(C(=O)CCc3ccnn3C)C[C@H]2O)n[nH]1. The number of rotatable bonds is 5. The molecule has 2 aromatic rings. The van der Waals surface area contributed by atoms with E-state index in [1.165, 1.54) is 0 Å². The number of carbonyl (C=O) groups excluding carboxylic acids is 1. The van der Waals surface area contributed by atoms with E-state index in [0.717, 1.165) is 17.1 Å². The van der Waals surface area contributed by atoms with Gasteiger partial charge in [-0.15, -0.1) is 0 Å². The number of β-amino-alcohol motifs (C(OH)–C–C–N with tert-alkyl or cyclic N) is 1. The molecule has 1 saturated heterocycles. The average molecular weight is 317 g/mol. The van der Waals surface area contributed by atoms with Gasteiger partial charge in [-0.1, -0.05) is 0 Å². The van der Waals surface area contributed by atoms with Gasteiger partial charge in [-0.05, 0) is 31.9 Å². The number of carbonyl (C=O) groups is 1. The van der Waals surface area contributed by atoms with Crippen molar-refractivity contribution in [3.8, 4) is 0 Å². The van der Waals surface area contributed by atoms with Crippen molar-refractivity contribution in [2.24, 2.45) is 13.0 Å². The molecular weight excluding hydrogens is 294 g/mol. The van der Waals surface area contributed by atoms with Gasteiger partial charge in [-0.25, -0.2) is 0 Å². The normalized spacial score (nSPS) is 21.1. The zero-order valence-electron chi connectivity index (χ0n) is 13.6. The number of nitrogens with zero attached hydrogens (tertiary/aromatic N) is 4. The van der Waals surface area contributed by atoms with Crippen molar-refractivity contribution in [3.63, 3.8) is 0 Å². The molecule has 0 aliphatic carbocycles. The second kappa shape index (κ2) is 6.54. The predicted molar refractivity (Wildman–Crippen MR) is 84.6 cm³/mol. The Bertz CT molecular complexity index is 678. The summed E-state index contributed by atoms with van der Waals surface area (Å²) in [4.78, 5) is 14.1. The van der Waals surface area contributed by atoms with Gasteiger partial charge in [0.15, 0.2) is 0 Å². The van der Waals surface area contributed by atoms with E-state index in [1.54, 1.807) is 15.8 Å². The highest BCUT2D eigenvalue weighted by Gasteiger charge is 2.34. The third-order valence-corrected chi connectivity index (χ3v) is 4.51. The van der Waals surface area contributed by atoms with E-state index in [0.29, 0.717) is 32.4 Å². The van der Waals surface area contributed by atoms with E-state index in [2.05, 4.69) is 15.3 Å². The molecular formula is C16H23N5O2. The molecule has 2 N–H and O–H groups in total. The monoisotopic (exact) mass is 317 g/mol. The second-order valence-electron chi connectivity index (χ2n) is 6.32. The minimum absolute atomic E-state index is 0.0540. The first kappa shape index (κ1) is 15.7. The third kappa shape index (κ3) is 3.61. The van der Waals surface area contributed by atoms with Crippen LogP contribution in [0.1, 0.15) is 23.5 Å². The van der Waals surface area contributed by atoms with Gasteiger partial charge in [0.2, 0.25) is 5.91 Å². The summed E-state index contributed by atoms with van der Waals surface area (Å²) in [5.41, 5.74) is 2.99. The van der Waals surface area contributed by atoms with Gasteiger partial charge in [-0.2, -0.15) is 10.2 Å². The molecule has 7 heteroatoms. The summed E-state index contributed by atoms with van der Waals surface area (Å²) in [6, 6.07) is 3.91. The molecule has 1 amide bonds. The number of aryl methyl sites for hydroxylation is 3. The van der Waals surface area contributed by atoms with Crippen molar-refractivity contribution in [1.29, 1.82) is 0 Å². The molecule has 0 bridgehead atoms. The molecule has 2 atom stereocenters. The molecule has 7 nitrogen and oxygen atoms in total. The number of aliphatic hydroxyl groups excluding tert-OH is 1. The van der Waals surface area contributed by atoms with E-state index in [9.17, 15) is 9.90 Å². The standard InChI is InChI=1S/C16H23N5O2/c1-11-7-13(19-18-11)8-12-9-21(10-15(12)22)16(23)4-3-14-5-6-17-20(14)2/h5-7,12,15,22H,3-4,8-10H2,1-2H3,(H,18,19)/t12-,15-/m1/s1. The van der Waals surface area contributed by atoms with Gasteiger partial charge in [0.25, 0.3) is 0 Å². The highest BCUT2D eigenvalue weighted by atomic mass is 16.3. The first-order chi connectivity index (χ1) is 11.0. The van der Waals surface area contributed by atoms with Crippen LogP contribution in [0.3, 0.4) is 0 Å². The Kier molecular flexibility index (Phi) is 4.47. The molecule has 23 heavy (non-hydrogen) atoms. The predicted octanol–water partition coefficient (Wildman–Crippen LogP) is 0.446. The van der Waals surface area contributed by atoms with Gasteiger partial charge in [0.05, 0.1) is 11.8 Å². The van der Waals surface area contributed by atoms with Crippen LogP contribution in [0.2, 0.25) is 0 Å². The number of H-pyrrole nitrogens is 1. The van der Waals surface area contributed by atoms with E-state index < -0.39 is 6.10 Å². The first-order valence-corrected chi connectivity index (χ1v) is 7.96. The Morgan fingerprint density at radius 2 is 2.30 bits per heavy atom. The molecule has 0 radical (unpaired) electrons. The second-order valence-corrected chi connectivity index (χ2v) is 6.32. The zero-order valence-corrected chi connectivity index (χ0v) is 13.6. The molecule has 3 heterocycles. The summed E-state index contributed by atoms with van der Waals surface area (Å²) in [5.74, 6) is 0.143. The minimum atomic E-state index is -0.479. The fourth-order valence-corrected chi connectivity index (χ4v) is 3.15. The lowest BCUT2D eigenvalue weighted by Crippen LogP contribution is -2.30. The fourth-order valence-electron chi connectivity index (χ4n) is 3.15. The number of hydrogen-bond acceptors (Lipinski definition) is 4. The van der Waals surface area contributed by atoms with Crippen LogP contribution in [0.15, 0.2) is 18.3 Å². The van der Waals surface area contributed by atoms with Crippen molar-refractivity contribution >= 4 is 5.91 Å². The van der Waals surface area contributed by atoms with E-state index >= 15 is 0 Å². The van der Waals surface area contributed by atoms with Crippen molar-refractivity contribution in [3.05, 3.63) is 35.4 Å². The Morgan fingerprint density at radius 3 is 2.96 bits per heavy atom. The summed E-state index contributed by atoms with van der Waals surface area (Å²) < 4.78 is 1.79. The number of hydrogen-bond donors (Lipinski definition) is 2. The number of aromatic amines is 1. The van der Waals surface area contributed by atoms with Crippen molar-refractivity contribution < 1.29 is 9.90 Å². The third-order valence-electron chi connectivity index (χ3n) is 4.51. The Labute approximate surface area is 135 Å². The summed E-state index contributed by atoms with van der Waals surface area (Å²) in [7, 11) is 1.88. The Balaban J connectivity index is 1.53. The fraction of sp³-hybridized carbons (Fsp3) is 0.562. The minimum Gasteiger partial charge on any atom is -0.391 e. The summed E-state index contributed by atoms with van der Waals surface area (Å²) in [6.45, 7) is 2.96. The lowest BCUT2D eigenvalue weighted by atomic mass is 10.0. The Hall–Kier alpha value is -2.15. The number of aromatic nitrogens is 4. The maximum Gasteiger partial charge on any atom is 0.223 e. The van der Waals surface area contributed by atoms with Crippen molar-refractivity contribution in [1.82, 2.24) is 24.9 Å². The van der Waals surface area contributed by atoms with Crippen LogP contribution in [0.5, 0.6) is 0 Å². The maximum absolute atomic E-state index is 12.4. The maximum atomic E-state index is 12.4. The average Bonchev–Trinajstić information content (AvgIpc) is 3.20. The molecule has 0 aromatic carbocycles. The van der Waals surface area contributed by atoms with Crippen LogP contribution in [0.4, 0.5) is 0 Å². The van der Waals surface area contributed by atoms with Crippen LogP contribution in [-0.4, -0.2) is 55.1 Å². The van der Waals surface area contributed by atoms with Gasteiger partial charge < -0.3 is 10.0 Å². The number of nitrogens with one attached hydrogen (secondary N) is 1.